The Morgan fingerprint density at radius 1 is 0.956 bits per heavy atom. The van der Waals surface area contributed by atoms with Crippen LogP contribution >= 0.6 is 0 Å². The molecule has 2 N–H and O–H groups in total. The highest BCUT2D eigenvalue weighted by atomic mass is 32.2. The number of carboxylic acid groups (broad SMARTS) is 1. The van der Waals surface area contributed by atoms with Crippen molar-refractivity contribution in [3.8, 4) is 0 Å². The molecule has 5 rings (SSSR count). The van der Waals surface area contributed by atoms with Gasteiger partial charge in [0.15, 0.2) is 22.4 Å². The monoisotopic (exact) mass is 630 g/mol. The lowest BCUT2D eigenvalue weighted by Gasteiger charge is -2.49. The SMILES string of the molecule is CC(=CCc1ccc([N+](=O)[O-])cc1)C(C(=O)O)N1C(=O)C(NC(=O)Cc2ccccc2)C1S(=O)N1C(=O)c2ccccc2C1=O. The van der Waals surface area contributed by atoms with Gasteiger partial charge in [0, 0.05) is 12.1 Å². The van der Waals surface area contributed by atoms with Gasteiger partial charge in [0.1, 0.15) is 6.04 Å². The van der Waals surface area contributed by atoms with E-state index in [1.54, 1.807) is 30.3 Å². The molecule has 3 aromatic carbocycles. The molecule has 2 heterocycles. The van der Waals surface area contributed by atoms with Gasteiger partial charge in [-0.3, -0.25) is 29.3 Å². The number of carbonyl (C=O) groups excluding carboxylic acids is 4. The molecular formula is C31H26N4O9S. The molecule has 0 spiro atoms. The van der Waals surface area contributed by atoms with Crippen LogP contribution in [0.5, 0.6) is 0 Å². The van der Waals surface area contributed by atoms with Gasteiger partial charge in [-0.15, -0.1) is 0 Å². The summed E-state index contributed by atoms with van der Waals surface area (Å²) in [4.78, 5) is 76.6. The van der Waals surface area contributed by atoms with E-state index in [2.05, 4.69) is 5.32 Å². The Balaban J connectivity index is 1.45. The topological polar surface area (TPSA) is 184 Å². The number of allylic oxidation sites excluding steroid dienone is 1. The number of benzene rings is 3. The van der Waals surface area contributed by atoms with Crippen molar-refractivity contribution in [1.82, 2.24) is 14.5 Å². The minimum atomic E-state index is -2.61. The first-order valence-corrected chi connectivity index (χ1v) is 14.8. The molecule has 0 aliphatic carbocycles. The number of fused-ring (bicyclic) bond motifs is 1. The van der Waals surface area contributed by atoms with E-state index in [4.69, 9.17) is 0 Å². The third-order valence-electron chi connectivity index (χ3n) is 7.50. The maximum absolute atomic E-state index is 14.0. The molecule has 45 heavy (non-hydrogen) atoms. The van der Waals surface area contributed by atoms with Crippen LogP contribution in [-0.4, -0.2) is 70.5 Å². The molecule has 14 heteroatoms. The van der Waals surface area contributed by atoms with Crippen LogP contribution in [0.1, 0.15) is 38.8 Å². The van der Waals surface area contributed by atoms with E-state index in [0.717, 1.165) is 4.90 Å². The van der Waals surface area contributed by atoms with Gasteiger partial charge < -0.3 is 15.3 Å². The molecule has 4 unspecified atom stereocenters. The number of hydrogen-bond acceptors (Lipinski definition) is 8. The third-order valence-corrected chi connectivity index (χ3v) is 9.10. The van der Waals surface area contributed by atoms with E-state index >= 15 is 0 Å². The number of carboxylic acids is 1. The lowest BCUT2D eigenvalue weighted by atomic mass is 9.97. The molecule has 2 aliphatic rings. The first-order valence-electron chi connectivity index (χ1n) is 13.7. The predicted molar refractivity (Wildman–Crippen MR) is 160 cm³/mol. The Morgan fingerprint density at radius 3 is 2.09 bits per heavy atom. The number of β-lactam (4-membered cyclic amide) rings is 1. The molecule has 0 saturated carbocycles. The molecule has 0 bridgehead atoms. The molecule has 0 aromatic heterocycles. The van der Waals surface area contributed by atoms with Crippen LogP contribution in [0.2, 0.25) is 0 Å². The van der Waals surface area contributed by atoms with Crippen LogP contribution in [0.15, 0.2) is 90.5 Å². The number of carbonyl (C=O) groups is 5. The number of likely N-dealkylation sites (tertiary alicyclic amines) is 1. The number of nitrogens with one attached hydrogen (secondary N) is 1. The molecule has 4 amide bonds. The average molecular weight is 631 g/mol. The minimum absolute atomic E-state index is 0.00618. The number of hydrogen-bond donors (Lipinski definition) is 2. The lowest BCUT2D eigenvalue weighted by molar-refractivity contribution is -0.384. The van der Waals surface area contributed by atoms with E-state index in [-0.39, 0.29) is 35.2 Å². The second kappa shape index (κ2) is 12.6. The fourth-order valence-corrected chi connectivity index (χ4v) is 6.81. The number of nitro groups is 1. The summed E-state index contributed by atoms with van der Waals surface area (Å²) < 4.78 is 14.5. The minimum Gasteiger partial charge on any atom is -0.479 e. The lowest BCUT2D eigenvalue weighted by Crippen LogP contribution is -2.76. The number of imide groups is 1. The average Bonchev–Trinajstić information content (AvgIpc) is 3.28. The molecule has 3 aromatic rings. The van der Waals surface area contributed by atoms with Crippen molar-refractivity contribution in [3.05, 3.63) is 123 Å². The Morgan fingerprint density at radius 2 is 1.53 bits per heavy atom. The highest BCUT2D eigenvalue weighted by Gasteiger charge is 2.59. The zero-order chi connectivity index (χ0) is 32.4. The number of amides is 4. The molecule has 4 atom stereocenters. The second-order valence-electron chi connectivity index (χ2n) is 10.4. The van der Waals surface area contributed by atoms with Crippen LogP contribution < -0.4 is 5.32 Å². The Bertz CT molecular complexity index is 1740. The van der Waals surface area contributed by atoms with Crippen LogP contribution in [0.25, 0.3) is 0 Å². The van der Waals surface area contributed by atoms with Gasteiger partial charge in [0.25, 0.3) is 23.4 Å². The highest BCUT2D eigenvalue weighted by molar-refractivity contribution is 7.84. The van der Waals surface area contributed by atoms with Gasteiger partial charge >= 0.3 is 5.97 Å². The second-order valence-corrected chi connectivity index (χ2v) is 11.8. The normalized spacial score (nSPS) is 19.0. The zero-order valence-electron chi connectivity index (χ0n) is 23.7. The summed E-state index contributed by atoms with van der Waals surface area (Å²) in [7, 11) is -2.61. The summed E-state index contributed by atoms with van der Waals surface area (Å²) in [6.07, 6.45) is 1.53. The van der Waals surface area contributed by atoms with Crippen molar-refractivity contribution < 1.29 is 38.2 Å². The number of aliphatic carboxylic acids is 1. The maximum atomic E-state index is 14.0. The van der Waals surface area contributed by atoms with Crippen molar-refractivity contribution >= 4 is 46.3 Å². The van der Waals surface area contributed by atoms with E-state index in [1.807, 2.05) is 0 Å². The number of nitrogens with zero attached hydrogens (tertiary/aromatic N) is 3. The van der Waals surface area contributed by atoms with E-state index in [9.17, 15) is 43.4 Å². The van der Waals surface area contributed by atoms with Crippen molar-refractivity contribution in [1.29, 1.82) is 0 Å². The molecule has 2 aliphatic heterocycles. The summed E-state index contributed by atoms with van der Waals surface area (Å²) in [6, 6.07) is 16.9. The Labute approximate surface area is 258 Å². The predicted octanol–water partition coefficient (Wildman–Crippen LogP) is 2.39. The van der Waals surface area contributed by atoms with E-state index < -0.39 is 63.0 Å². The fourth-order valence-electron chi connectivity index (χ4n) is 5.23. The first kappa shape index (κ1) is 30.9. The number of non-ortho nitro benzene ring substituents is 1. The van der Waals surface area contributed by atoms with E-state index in [1.165, 1.54) is 61.5 Å². The molecule has 1 saturated heterocycles. The maximum Gasteiger partial charge on any atom is 0.330 e. The smallest absolute Gasteiger partial charge is 0.330 e. The summed E-state index contributed by atoms with van der Waals surface area (Å²) >= 11 is 0. The quantitative estimate of drug-likeness (QED) is 0.106. The van der Waals surface area contributed by atoms with Crippen molar-refractivity contribution in [2.75, 3.05) is 0 Å². The summed E-state index contributed by atoms with van der Waals surface area (Å²) in [5, 5.41) is 22.1. The first-order chi connectivity index (χ1) is 21.5. The Kier molecular flexibility index (Phi) is 8.68. The van der Waals surface area contributed by atoms with Gasteiger partial charge in [0.2, 0.25) is 5.91 Å². The summed E-state index contributed by atoms with van der Waals surface area (Å²) in [6.45, 7) is 1.45. The standard InChI is InChI=1S/C31H26N4O9S/c1-18(11-12-19-13-15-21(16-14-19)35(42)43)26(31(40)41)33-29(39)25(32-24(36)17-20-7-3-2-4-8-20)30(33)45(44)34-27(37)22-9-5-6-10-23(22)28(34)38/h2-11,13-16,25-26,30H,12,17H2,1H3,(H,32,36)(H,40,41). The Hall–Kier alpha value is -5.50. The highest BCUT2D eigenvalue weighted by Crippen LogP contribution is 2.34. The van der Waals surface area contributed by atoms with E-state index in [0.29, 0.717) is 15.4 Å². The summed E-state index contributed by atoms with van der Waals surface area (Å²) in [5.41, 5.74) is 1.31. The van der Waals surface area contributed by atoms with Crippen LogP contribution in [-0.2, 0) is 38.2 Å². The molecule has 0 radical (unpaired) electrons. The van der Waals surface area contributed by atoms with Crippen LogP contribution in [0.3, 0.4) is 0 Å². The third kappa shape index (κ3) is 5.99. The molecular weight excluding hydrogens is 604 g/mol. The van der Waals surface area contributed by atoms with Crippen LogP contribution in [0, 0.1) is 10.1 Å². The van der Waals surface area contributed by atoms with Gasteiger partial charge in [-0.2, -0.15) is 4.31 Å². The molecule has 13 nitrogen and oxygen atoms in total. The van der Waals surface area contributed by atoms with Gasteiger partial charge in [0.05, 0.1) is 22.5 Å². The van der Waals surface area contributed by atoms with Gasteiger partial charge in [-0.1, -0.05) is 60.7 Å². The van der Waals surface area contributed by atoms with Crippen molar-refractivity contribution in [2.45, 2.75) is 37.2 Å². The molecule has 1 fully saturated rings. The number of rotatable bonds is 11. The largest absolute Gasteiger partial charge is 0.479 e. The van der Waals surface area contributed by atoms with Gasteiger partial charge in [-0.25, -0.2) is 9.00 Å². The fraction of sp³-hybridized carbons (Fsp3) is 0.194. The van der Waals surface area contributed by atoms with Gasteiger partial charge in [-0.05, 0) is 42.2 Å². The van der Waals surface area contributed by atoms with Crippen molar-refractivity contribution in [3.63, 3.8) is 0 Å². The molecule has 230 valence electrons. The zero-order valence-corrected chi connectivity index (χ0v) is 24.5. The van der Waals surface area contributed by atoms with Crippen LogP contribution in [0.4, 0.5) is 5.69 Å². The summed E-state index contributed by atoms with van der Waals surface area (Å²) in [5.74, 6) is -4.69. The number of nitro benzene ring substituents is 1. The van der Waals surface area contributed by atoms with Crippen molar-refractivity contribution in [2.24, 2.45) is 0 Å².